The van der Waals surface area contributed by atoms with Crippen LogP contribution in [0.5, 0.6) is 5.75 Å². The standard InChI is InChI=1S/C19H19N3O5S/c1-12-13(2)22-18-11-14(3-8-17(18)21-12)19(23)27-10-9-26-15-4-6-16(7-5-15)28(20,24)25/h3-8,11H,9-10H2,1-2H3,(H2,20,24,25). The summed E-state index contributed by atoms with van der Waals surface area (Å²) in [5.41, 5.74) is 3.37. The highest BCUT2D eigenvalue weighted by molar-refractivity contribution is 7.89. The Hall–Kier alpha value is -3.04. The molecule has 0 saturated carbocycles. The minimum atomic E-state index is -3.74. The van der Waals surface area contributed by atoms with Crippen molar-refractivity contribution < 1.29 is 22.7 Å². The van der Waals surface area contributed by atoms with Crippen LogP contribution in [0.15, 0.2) is 47.4 Å². The molecule has 9 heteroatoms. The van der Waals surface area contributed by atoms with Gasteiger partial charge in [0.25, 0.3) is 0 Å². The highest BCUT2D eigenvalue weighted by Gasteiger charge is 2.11. The predicted molar refractivity (Wildman–Crippen MR) is 103 cm³/mol. The van der Waals surface area contributed by atoms with Gasteiger partial charge in [0, 0.05) is 0 Å². The number of esters is 1. The van der Waals surface area contributed by atoms with Crippen molar-refractivity contribution in [2.75, 3.05) is 13.2 Å². The van der Waals surface area contributed by atoms with Crippen molar-refractivity contribution in [2.24, 2.45) is 5.14 Å². The Kier molecular flexibility index (Phi) is 5.57. The molecule has 1 heterocycles. The number of carbonyl (C=O) groups is 1. The Morgan fingerprint density at radius 2 is 1.61 bits per heavy atom. The van der Waals surface area contributed by atoms with Crippen molar-refractivity contribution in [2.45, 2.75) is 18.7 Å². The van der Waals surface area contributed by atoms with Gasteiger partial charge in [0.2, 0.25) is 10.0 Å². The average Bonchev–Trinajstić information content (AvgIpc) is 2.65. The molecule has 0 amide bonds. The van der Waals surface area contributed by atoms with Crippen molar-refractivity contribution in [3.8, 4) is 5.75 Å². The Bertz CT molecular complexity index is 1130. The van der Waals surface area contributed by atoms with Crippen LogP contribution >= 0.6 is 0 Å². The monoisotopic (exact) mass is 401 g/mol. The van der Waals surface area contributed by atoms with E-state index in [-0.39, 0.29) is 18.1 Å². The number of aryl methyl sites for hydroxylation is 2. The number of ether oxygens (including phenoxy) is 2. The number of hydrogen-bond acceptors (Lipinski definition) is 7. The van der Waals surface area contributed by atoms with Gasteiger partial charge in [-0.15, -0.1) is 0 Å². The first kappa shape index (κ1) is 19.7. The molecule has 0 aliphatic heterocycles. The van der Waals surface area contributed by atoms with E-state index in [1.54, 1.807) is 18.2 Å². The fourth-order valence-electron chi connectivity index (χ4n) is 2.46. The lowest BCUT2D eigenvalue weighted by atomic mass is 10.2. The highest BCUT2D eigenvalue weighted by Crippen LogP contribution is 2.16. The van der Waals surface area contributed by atoms with Crippen LogP contribution in [0.25, 0.3) is 11.0 Å². The summed E-state index contributed by atoms with van der Waals surface area (Å²) in [6.07, 6.45) is 0. The zero-order chi connectivity index (χ0) is 20.3. The molecule has 0 unspecified atom stereocenters. The van der Waals surface area contributed by atoms with E-state index in [2.05, 4.69) is 9.97 Å². The number of nitrogens with two attached hydrogens (primary N) is 1. The lowest BCUT2D eigenvalue weighted by molar-refractivity contribution is 0.0450. The summed E-state index contributed by atoms with van der Waals surface area (Å²) < 4.78 is 33.0. The molecule has 28 heavy (non-hydrogen) atoms. The van der Waals surface area contributed by atoms with E-state index < -0.39 is 16.0 Å². The van der Waals surface area contributed by atoms with Crippen LogP contribution < -0.4 is 9.88 Å². The number of sulfonamides is 1. The summed E-state index contributed by atoms with van der Waals surface area (Å²) in [6.45, 7) is 3.89. The van der Waals surface area contributed by atoms with E-state index in [4.69, 9.17) is 14.6 Å². The van der Waals surface area contributed by atoms with Crippen molar-refractivity contribution in [3.05, 3.63) is 59.4 Å². The third-order valence-corrected chi connectivity index (χ3v) is 4.98. The number of hydrogen-bond donors (Lipinski definition) is 1. The van der Waals surface area contributed by atoms with E-state index >= 15 is 0 Å². The summed E-state index contributed by atoms with van der Waals surface area (Å²) in [5.74, 6) is -0.0506. The van der Waals surface area contributed by atoms with Crippen LogP contribution in [0, 0.1) is 13.8 Å². The van der Waals surface area contributed by atoms with Gasteiger partial charge < -0.3 is 9.47 Å². The molecule has 0 atom stereocenters. The van der Waals surface area contributed by atoms with Crippen LogP contribution in [0.4, 0.5) is 0 Å². The SMILES string of the molecule is Cc1nc2ccc(C(=O)OCCOc3ccc(S(N)(=O)=O)cc3)cc2nc1C. The Labute approximate surface area is 162 Å². The molecule has 2 N–H and O–H groups in total. The summed E-state index contributed by atoms with van der Waals surface area (Å²) in [5, 5.41) is 5.03. The normalized spacial score (nSPS) is 11.4. The lowest BCUT2D eigenvalue weighted by Crippen LogP contribution is -2.13. The van der Waals surface area contributed by atoms with E-state index in [1.807, 2.05) is 13.8 Å². The molecule has 0 saturated heterocycles. The van der Waals surface area contributed by atoms with Gasteiger partial charge in [-0.2, -0.15) is 0 Å². The second kappa shape index (κ2) is 7.91. The molecule has 0 bridgehead atoms. The van der Waals surface area contributed by atoms with Crippen LogP contribution in [0.2, 0.25) is 0 Å². The van der Waals surface area contributed by atoms with E-state index in [0.717, 1.165) is 11.4 Å². The average molecular weight is 401 g/mol. The van der Waals surface area contributed by atoms with Crippen LogP contribution in [-0.2, 0) is 14.8 Å². The van der Waals surface area contributed by atoms with E-state index in [1.165, 1.54) is 24.3 Å². The van der Waals surface area contributed by atoms with Crippen LogP contribution in [-0.4, -0.2) is 37.6 Å². The number of aromatic nitrogens is 2. The molecule has 3 aromatic rings. The third kappa shape index (κ3) is 4.62. The fourth-order valence-corrected chi connectivity index (χ4v) is 2.98. The number of fused-ring (bicyclic) bond motifs is 1. The number of rotatable bonds is 6. The Balaban J connectivity index is 1.55. The van der Waals surface area contributed by atoms with Gasteiger partial charge in [-0.05, 0) is 56.3 Å². The molecular formula is C19H19N3O5S. The first-order chi connectivity index (χ1) is 13.2. The summed E-state index contributed by atoms with van der Waals surface area (Å²) in [7, 11) is -3.74. The van der Waals surface area contributed by atoms with Gasteiger partial charge in [0.1, 0.15) is 19.0 Å². The number of primary sulfonamides is 1. The largest absolute Gasteiger partial charge is 0.490 e. The molecule has 3 rings (SSSR count). The number of carbonyl (C=O) groups excluding carboxylic acids is 1. The van der Waals surface area contributed by atoms with E-state index in [9.17, 15) is 13.2 Å². The second-order valence-corrected chi connectivity index (χ2v) is 7.66. The van der Waals surface area contributed by atoms with Crippen molar-refractivity contribution in [1.82, 2.24) is 9.97 Å². The van der Waals surface area contributed by atoms with Crippen molar-refractivity contribution in [1.29, 1.82) is 0 Å². The number of benzene rings is 2. The predicted octanol–water partition coefficient (Wildman–Crippen LogP) is 2.13. The maximum absolute atomic E-state index is 12.2. The summed E-state index contributed by atoms with van der Waals surface area (Å²) in [6, 6.07) is 10.7. The molecule has 8 nitrogen and oxygen atoms in total. The van der Waals surface area contributed by atoms with Gasteiger partial charge in [-0.1, -0.05) is 0 Å². The molecule has 0 aliphatic carbocycles. The molecule has 0 spiro atoms. The minimum absolute atomic E-state index is 0.00360. The first-order valence-electron chi connectivity index (χ1n) is 8.42. The van der Waals surface area contributed by atoms with Crippen molar-refractivity contribution in [3.63, 3.8) is 0 Å². The van der Waals surface area contributed by atoms with Gasteiger partial charge >= 0.3 is 5.97 Å². The van der Waals surface area contributed by atoms with E-state index in [0.29, 0.717) is 22.3 Å². The van der Waals surface area contributed by atoms with Gasteiger partial charge in [-0.25, -0.2) is 28.3 Å². The van der Waals surface area contributed by atoms with Gasteiger partial charge in [-0.3, -0.25) is 0 Å². The molecule has 0 radical (unpaired) electrons. The third-order valence-electron chi connectivity index (χ3n) is 4.05. The first-order valence-corrected chi connectivity index (χ1v) is 9.96. The molecule has 146 valence electrons. The quantitative estimate of drug-likeness (QED) is 0.496. The minimum Gasteiger partial charge on any atom is -0.490 e. The lowest BCUT2D eigenvalue weighted by Gasteiger charge is -2.08. The Morgan fingerprint density at radius 1 is 0.964 bits per heavy atom. The summed E-state index contributed by atoms with van der Waals surface area (Å²) >= 11 is 0. The zero-order valence-electron chi connectivity index (χ0n) is 15.4. The van der Waals surface area contributed by atoms with Crippen LogP contribution in [0.1, 0.15) is 21.7 Å². The number of nitrogens with zero attached hydrogens (tertiary/aromatic N) is 2. The topological polar surface area (TPSA) is 121 Å². The fraction of sp³-hybridized carbons (Fsp3) is 0.211. The van der Waals surface area contributed by atoms with Crippen molar-refractivity contribution >= 4 is 27.0 Å². The zero-order valence-corrected chi connectivity index (χ0v) is 16.2. The molecule has 1 aromatic heterocycles. The maximum atomic E-state index is 12.2. The molecule has 2 aromatic carbocycles. The van der Waals surface area contributed by atoms with Gasteiger partial charge in [0.15, 0.2) is 0 Å². The second-order valence-electron chi connectivity index (χ2n) is 6.10. The Morgan fingerprint density at radius 3 is 2.25 bits per heavy atom. The highest BCUT2D eigenvalue weighted by atomic mass is 32.2. The molecular weight excluding hydrogens is 382 g/mol. The summed E-state index contributed by atoms with van der Waals surface area (Å²) in [4.78, 5) is 21.1. The maximum Gasteiger partial charge on any atom is 0.338 e. The van der Waals surface area contributed by atoms with Gasteiger partial charge in [0.05, 0.1) is 32.9 Å². The molecule has 0 aliphatic rings. The van der Waals surface area contributed by atoms with Crippen LogP contribution in [0.3, 0.4) is 0 Å². The molecule has 0 fully saturated rings. The smallest absolute Gasteiger partial charge is 0.338 e.